The fourth-order valence-electron chi connectivity index (χ4n) is 2.10. The van der Waals surface area contributed by atoms with E-state index in [2.05, 4.69) is 6.07 Å². The van der Waals surface area contributed by atoms with Crippen LogP contribution >= 0.6 is 11.6 Å². The van der Waals surface area contributed by atoms with E-state index in [9.17, 15) is 4.79 Å². The lowest BCUT2D eigenvalue weighted by atomic mass is 10.1. The van der Waals surface area contributed by atoms with Gasteiger partial charge >= 0.3 is 0 Å². The molecule has 0 aliphatic rings. The predicted molar refractivity (Wildman–Crippen MR) is 85.1 cm³/mol. The number of ketones is 1. The molecule has 106 valence electrons. The molecule has 0 heterocycles. The summed E-state index contributed by atoms with van der Waals surface area (Å²) in [6, 6.07) is 17.1. The number of carbonyl (C=O) groups excluding carboxylic acids is 1. The summed E-state index contributed by atoms with van der Waals surface area (Å²) in [6.45, 7) is 2.05. The molecule has 2 aromatic carbocycles. The quantitative estimate of drug-likeness (QED) is 0.758. The Kier molecular flexibility index (Phi) is 4.97. The lowest BCUT2D eigenvalue weighted by Crippen LogP contribution is -2.18. The Hall–Kier alpha value is -2.31. The van der Waals surface area contributed by atoms with E-state index in [1.54, 1.807) is 12.1 Å². The van der Waals surface area contributed by atoms with Crippen LogP contribution in [0.3, 0.4) is 0 Å². The Morgan fingerprint density at radius 3 is 2.52 bits per heavy atom. The Bertz CT molecular complexity index is 677. The fraction of sp³-hybridized carbons (Fsp3) is 0.176. The Balaban J connectivity index is 2.42. The first-order valence-electron chi connectivity index (χ1n) is 6.63. The van der Waals surface area contributed by atoms with Crippen LogP contribution in [0.2, 0.25) is 5.02 Å². The molecule has 0 atom stereocenters. The third-order valence-corrected chi connectivity index (χ3v) is 3.46. The van der Waals surface area contributed by atoms with Gasteiger partial charge in [0.15, 0.2) is 5.78 Å². The molecule has 0 saturated carbocycles. The van der Waals surface area contributed by atoms with Crippen LogP contribution in [-0.4, -0.2) is 12.3 Å². The Morgan fingerprint density at radius 2 is 1.95 bits per heavy atom. The lowest BCUT2D eigenvalue weighted by molar-refractivity contribution is 0.101. The van der Waals surface area contributed by atoms with E-state index < -0.39 is 0 Å². The van der Waals surface area contributed by atoms with Crippen molar-refractivity contribution in [3.63, 3.8) is 0 Å². The standard InChI is InChI=1S/C17H15ClN2O/c1-13(21)14-8-9-17(16(18)12-14)20(11-5-10-19)15-6-3-2-4-7-15/h2-4,6-9,12H,5,11H2,1H3. The summed E-state index contributed by atoms with van der Waals surface area (Å²) in [5, 5.41) is 9.35. The van der Waals surface area contributed by atoms with E-state index >= 15 is 0 Å². The number of para-hydroxylation sites is 1. The molecule has 0 aliphatic carbocycles. The third kappa shape index (κ3) is 3.62. The predicted octanol–water partition coefficient (Wildman–Crippen LogP) is 4.59. The first kappa shape index (κ1) is 15.1. The van der Waals surface area contributed by atoms with Gasteiger partial charge in [-0.05, 0) is 37.3 Å². The van der Waals surface area contributed by atoms with E-state index in [-0.39, 0.29) is 5.78 Å². The summed E-state index contributed by atoms with van der Waals surface area (Å²) in [4.78, 5) is 13.4. The van der Waals surface area contributed by atoms with Crippen LogP contribution in [0.4, 0.5) is 11.4 Å². The first-order valence-corrected chi connectivity index (χ1v) is 7.01. The SMILES string of the molecule is CC(=O)c1ccc(N(CCC#N)c2ccccc2)c(Cl)c1. The molecule has 0 aliphatic heterocycles. The zero-order valence-electron chi connectivity index (χ0n) is 11.7. The minimum absolute atomic E-state index is 0.0215. The highest BCUT2D eigenvalue weighted by molar-refractivity contribution is 6.33. The summed E-state index contributed by atoms with van der Waals surface area (Å²) in [5.74, 6) is -0.0215. The average Bonchev–Trinajstić information content (AvgIpc) is 2.50. The van der Waals surface area contributed by atoms with Gasteiger partial charge in [-0.1, -0.05) is 29.8 Å². The highest BCUT2D eigenvalue weighted by Crippen LogP contribution is 2.32. The zero-order valence-corrected chi connectivity index (χ0v) is 12.5. The smallest absolute Gasteiger partial charge is 0.159 e. The van der Waals surface area contributed by atoms with Gasteiger partial charge in [0, 0.05) is 17.8 Å². The molecule has 0 aromatic heterocycles. The van der Waals surface area contributed by atoms with Gasteiger partial charge in [0.25, 0.3) is 0 Å². The van der Waals surface area contributed by atoms with Crippen LogP contribution in [0.1, 0.15) is 23.7 Å². The molecule has 0 saturated heterocycles. The molecule has 4 heteroatoms. The van der Waals surface area contributed by atoms with Crippen molar-refractivity contribution >= 4 is 28.8 Å². The van der Waals surface area contributed by atoms with Crippen molar-refractivity contribution in [2.75, 3.05) is 11.4 Å². The molecule has 0 N–H and O–H groups in total. The van der Waals surface area contributed by atoms with E-state index in [1.807, 2.05) is 41.3 Å². The van der Waals surface area contributed by atoms with Gasteiger partial charge in [-0.15, -0.1) is 0 Å². The minimum Gasteiger partial charge on any atom is -0.339 e. The second-order valence-corrected chi connectivity index (χ2v) is 5.02. The van der Waals surface area contributed by atoms with Crippen molar-refractivity contribution in [3.8, 4) is 6.07 Å². The van der Waals surface area contributed by atoms with Crippen molar-refractivity contribution in [1.29, 1.82) is 5.26 Å². The van der Waals surface area contributed by atoms with Gasteiger partial charge in [-0.3, -0.25) is 4.79 Å². The second kappa shape index (κ2) is 6.92. The van der Waals surface area contributed by atoms with Crippen molar-refractivity contribution in [3.05, 3.63) is 59.1 Å². The molecule has 0 bridgehead atoms. The number of anilines is 2. The number of nitriles is 1. The highest BCUT2D eigenvalue weighted by atomic mass is 35.5. The number of Topliss-reactive ketones (excluding diaryl/α,β-unsaturated/α-hetero) is 1. The van der Waals surface area contributed by atoms with Crippen molar-refractivity contribution < 1.29 is 4.79 Å². The number of nitrogens with zero attached hydrogens (tertiary/aromatic N) is 2. The van der Waals surface area contributed by atoms with Gasteiger partial charge in [0.2, 0.25) is 0 Å². The number of benzene rings is 2. The van der Waals surface area contributed by atoms with Crippen LogP contribution in [-0.2, 0) is 0 Å². The molecular weight excluding hydrogens is 284 g/mol. The molecule has 0 unspecified atom stereocenters. The van der Waals surface area contributed by atoms with Crippen LogP contribution in [0.25, 0.3) is 0 Å². The molecule has 3 nitrogen and oxygen atoms in total. The molecule has 0 radical (unpaired) electrons. The first-order chi connectivity index (χ1) is 10.1. The summed E-state index contributed by atoms with van der Waals surface area (Å²) in [5.41, 5.74) is 2.34. The summed E-state index contributed by atoms with van der Waals surface area (Å²) in [7, 11) is 0. The zero-order chi connectivity index (χ0) is 15.2. The van der Waals surface area contributed by atoms with Crippen LogP contribution in [0.15, 0.2) is 48.5 Å². The third-order valence-electron chi connectivity index (χ3n) is 3.16. The van der Waals surface area contributed by atoms with Gasteiger partial charge in [-0.2, -0.15) is 5.26 Å². The lowest BCUT2D eigenvalue weighted by Gasteiger charge is -2.25. The Morgan fingerprint density at radius 1 is 1.24 bits per heavy atom. The van der Waals surface area contributed by atoms with Crippen molar-refractivity contribution in [1.82, 2.24) is 0 Å². The summed E-state index contributed by atoms with van der Waals surface area (Å²) < 4.78 is 0. The van der Waals surface area contributed by atoms with Crippen molar-refractivity contribution in [2.45, 2.75) is 13.3 Å². The topological polar surface area (TPSA) is 44.1 Å². The van der Waals surface area contributed by atoms with Gasteiger partial charge < -0.3 is 4.90 Å². The number of hydrogen-bond acceptors (Lipinski definition) is 3. The molecule has 0 amide bonds. The van der Waals surface area contributed by atoms with E-state index in [4.69, 9.17) is 16.9 Å². The molecule has 0 spiro atoms. The second-order valence-electron chi connectivity index (χ2n) is 4.62. The van der Waals surface area contributed by atoms with Crippen LogP contribution in [0.5, 0.6) is 0 Å². The van der Waals surface area contributed by atoms with E-state index in [1.165, 1.54) is 6.92 Å². The largest absolute Gasteiger partial charge is 0.339 e. The highest BCUT2D eigenvalue weighted by Gasteiger charge is 2.13. The summed E-state index contributed by atoms with van der Waals surface area (Å²) >= 11 is 6.32. The molecular formula is C17H15ClN2O. The van der Waals surface area contributed by atoms with Crippen molar-refractivity contribution in [2.24, 2.45) is 0 Å². The molecule has 0 fully saturated rings. The monoisotopic (exact) mass is 298 g/mol. The maximum atomic E-state index is 11.4. The molecule has 2 aromatic rings. The number of hydrogen-bond donors (Lipinski definition) is 0. The number of rotatable bonds is 5. The van der Waals surface area contributed by atoms with E-state index in [0.717, 1.165) is 11.4 Å². The summed E-state index contributed by atoms with van der Waals surface area (Å²) in [6.07, 6.45) is 0.389. The maximum Gasteiger partial charge on any atom is 0.159 e. The molecule has 21 heavy (non-hydrogen) atoms. The normalized spacial score (nSPS) is 9.95. The maximum absolute atomic E-state index is 11.4. The average molecular weight is 299 g/mol. The Labute approximate surface area is 129 Å². The van der Waals surface area contributed by atoms with Crippen LogP contribution in [0, 0.1) is 11.3 Å². The van der Waals surface area contributed by atoms with Gasteiger partial charge in [0.1, 0.15) is 0 Å². The minimum atomic E-state index is -0.0215. The van der Waals surface area contributed by atoms with Gasteiger partial charge in [-0.25, -0.2) is 0 Å². The van der Waals surface area contributed by atoms with Gasteiger partial charge in [0.05, 0.1) is 23.2 Å². The van der Waals surface area contributed by atoms with Crippen LogP contribution < -0.4 is 4.90 Å². The fourth-order valence-corrected chi connectivity index (χ4v) is 2.39. The molecule has 2 rings (SSSR count). The number of carbonyl (C=O) groups is 1. The number of halogens is 1. The van der Waals surface area contributed by atoms with E-state index in [0.29, 0.717) is 23.6 Å².